The minimum Gasteiger partial charge on any atom is -0.493 e. The highest BCUT2D eigenvalue weighted by atomic mass is 32.2. The van der Waals surface area contributed by atoms with Crippen LogP contribution in [0.4, 0.5) is 0 Å². The molecule has 6 nitrogen and oxygen atoms in total. The van der Waals surface area contributed by atoms with Crippen LogP contribution >= 0.6 is 0 Å². The van der Waals surface area contributed by atoms with Gasteiger partial charge in [-0.3, -0.25) is 0 Å². The molecule has 1 N–H and O–H groups in total. The van der Waals surface area contributed by atoms with Crippen molar-refractivity contribution in [1.29, 1.82) is 0 Å². The Labute approximate surface area is 158 Å². The zero-order valence-corrected chi connectivity index (χ0v) is 15.7. The lowest BCUT2D eigenvalue weighted by molar-refractivity contribution is 0.357. The summed E-state index contributed by atoms with van der Waals surface area (Å²) in [5.41, 5.74) is 3.91. The molecule has 7 heteroatoms. The Balaban J connectivity index is 1.40. The van der Waals surface area contributed by atoms with Crippen LogP contribution in [0.25, 0.3) is 5.69 Å². The number of nitrogens with zero attached hydrogens (tertiary/aromatic N) is 2. The maximum atomic E-state index is 12.5. The van der Waals surface area contributed by atoms with E-state index in [-0.39, 0.29) is 12.3 Å². The highest BCUT2D eigenvalue weighted by Gasteiger charge is 2.15. The maximum absolute atomic E-state index is 12.5. The summed E-state index contributed by atoms with van der Waals surface area (Å²) in [5.74, 6) is 0.964. The second-order valence-corrected chi connectivity index (χ2v) is 8.44. The Morgan fingerprint density at radius 2 is 2.04 bits per heavy atom. The molecular weight excluding hydrogens is 362 g/mol. The molecule has 140 valence electrons. The van der Waals surface area contributed by atoms with Crippen molar-refractivity contribution in [3.05, 3.63) is 77.6 Å². The summed E-state index contributed by atoms with van der Waals surface area (Å²) in [7, 11) is -3.39. The second kappa shape index (κ2) is 7.54. The highest BCUT2D eigenvalue weighted by molar-refractivity contribution is 7.89. The van der Waals surface area contributed by atoms with E-state index in [1.54, 1.807) is 10.9 Å². The molecule has 1 aliphatic rings. The molecule has 0 bridgehead atoms. The minimum atomic E-state index is -3.39. The average Bonchev–Trinajstić information content (AvgIpc) is 3.36. The smallest absolute Gasteiger partial charge is 0.212 e. The Bertz CT molecular complexity index is 1030. The van der Waals surface area contributed by atoms with E-state index in [1.807, 2.05) is 54.7 Å². The number of fused-ring (bicyclic) bond motifs is 1. The van der Waals surface area contributed by atoms with Gasteiger partial charge in [0.1, 0.15) is 5.75 Å². The van der Waals surface area contributed by atoms with Crippen LogP contribution in [0.1, 0.15) is 16.7 Å². The van der Waals surface area contributed by atoms with Gasteiger partial charge in [-0.25, -0.2) is 17.8 Å². The van der Waals surface area contributed by atoms with Crippen molar-refractivity contribution in [3.63, 3.8) is 0 Å². The number of hydrogen-bond acceptors (Lipinski definition) is 4. The third-order valence-electron chi connectivity index (χ3n) is 4.64. The van der Waals surface area contributed by atoms with Crippen molar-refractivity contribution in [1.82, 2.24) is 14.5 Å². The van der Waals surface area contributed by atoms with Crippen LogP contribution in [0.5, 0.6) is 5.75 Å². The van der Waals surface area contributed by atoms with Gasteiger partial charge < -0.3 is 4.74 Å². The van der Waals surface area contributed by atoms with Crippen LogP contribution in [-0.4, -0.2) is 30.6 Å². The summed E-state index contributed by atoms with van der Waals surface area (Å²) >= 11 is 0. The van der Waals surface area contributed by atoms with Gasteiger partial charge in [0.15, 0.2) is 0 Å². The fourth-order valence-electron chi connectivity index (χ4n) is 3.20. The van der Waals surface area contributed by atoms with Crippen molar-refractivity contribution in [3.8, 4) is 11.4 Å². The van der Waals surface area contributed by atoms with Crippen LogP contribution in [-0.2, 0) is 29.4 Å². The highest BCUT2D eigenvalue weighted by Crippen LogP contribution is 2.26. The van der Waals surface area contributed by atoms with Crippen molar-refractivity contribution in [2.45, 2.75) is 19.4 Å². The lowest BCUT2D eigenvalue weighted by atomic mass is 10.1. The number of ether oxygens (including phenoxy) is 1. The third kappa shape index (κ3) is 4.20. The van der Waals surface area contributed by atoms with E-state index in [1.165, 1.54) is 0 Å². The summed E-state index contributed by atoms with van der Waals surface area (Å²) in [5, 5.41) is 4.23. The van der Waals surface area contributed by atoms with E-state index in [4.69, 9.17) is 4.74 Å². The van der Waals surface area contributed by atoms with Crippen LogP contribution in [0.3, 0.4) is 0 Å². The summed E-state index contributed by atoms with van der Waals surface area (Å²) < 4.78 is 34.8. The summed E-state index contributed by atoms with van der Waals surface area (Å²) in [6.45, 7) is 0.935. The fourth-order valence-corrected chi connectivity index (χ4v) is 4.23. The van der Waals surface area contributed by atoms with Gasteiger partial charge in [-0.15, -0.1) is 0 Å². The molecule has 0 saturated heterocycles. The Kier molecular flexibility index (Phi) is 4.96. The molecule has 1 aromatic heterocycles. The Hall–Kier alpha value is -2.64. The lowest BCUT2D eigenvalue weighted by Gasteiger charge is -2.11. The number of benzene rings is 2. The molecule has 27 heavy (non-hydrogen) atoms. The van der Waals surface area contributed by atoms with Gasteiger partial charge >= 0.3 is 0 Å². The zero-order valence-electron chi connectivity index (χ0n) is 14.8. The van der Waals surface area contributed by atoms with Crippen LogP contribution < -0.4 is 9.46 Å². The molecule has 2 aromatic carbocycles. The van der Waals surface area contributed by atoms with Crippen molar-refractivity contribution < 1.29 is 13.2 Å². The molecule has 0 amide bonds. The number of para-hydroxylation sites is 1. The second-order valence-electron chi connectivity index (χ2n) is 6.51. The molecule has 0 aliphatic carbocycles. The third-order valence-corrected chi connectivity index (χ3v) is 5.96. The van der Waals surface area contributed by atoms with E-state index in [2.05, 4.69) is 9.82 Å². The van der Waals surface area contributed by atoms with E-state index >= 15 is 0 Å². The average molecular weight is 383 g/mol. The predicted octanol–water partition coefficient (Wildman–Crippen LogP) is 2.47. The fraction of sp³-hybridized carbons (Fsp3) is 0.250. The van der Waals surface area contributed by atoms with Gasteiger partial charge in [0.05, 0.1) is 18.0 Å². The monoisotopic (exact) mass is 383 g/mol. The molecule has 0 spiro atoms. The first kappa shape index (κ1) is 17.8. The first-order chi connectivity index (χ1) is 13.1. The lowest BCUT2D eigenvalue weighted by Crippen LogP contribution is -2.27. The SMILES string of the molecule is O=S(=O)(CCc1ccc2c(c1)CCO2)NCc1ccccc1-n1cccn1. The Morgan fingerprint density at radius 1 is 1.15 bits per heavy atom. The standard InChI is InChI=1S/C20H21N3O3S/c24-27(25,13-9-16-6-7-20-17(14-16)8-12-26-20)22-15-18-4-1-2-5-19(18)23-11-3-10-21-23/h1-7,10-11,14,22H,8-9,12-13,15H2. The van der Waals surface area contributed by atoms with E-state index in [9.17, 15) is 8.42 Å². The van der Waals surface area contributed by atoms with Gasteiger partial charge in [-0.2, -0.15) is 5.10 Å². The number of nitrogens with one attached hydrogen (secondary N) is 1. The summed E-state index contributed by atoms with van der Waals surface area (Å²) in [4.78, 5) is 0. The summed E-state index contributed by atoms with van der Waals surface area (Å²) in [6.07, 6.45) is 4.90. The molecule has 0 atom stereocenters. The first-order valence-corrected chi connectivity index (χ1v) is 10.6. The van der Waals surface area contributed by atoms with Gasteiger partial charge in [0.25, 0.3) is 0 Å². The van der Waals surface area contributed by atoms with Crippen LogP contribution in [0, 0.1) is 0 Å². The number of rotatable bonds is 7. The topological polar surface area (TPSA) is 73.2 Å². The molecule has 0 unspecified atom stereocenters. The number of hydrogen-bond donors (Lipinski definition) is 1. The first-order valence-electron chi connectivity index (χ1n) is 8.91. The van der Waals surface area contributed by atoms with Crippen molar-refractivity contribution in [2.24, 2.45) is 0 Å². The van der Waals surface area contributed by atoms with Gasteiger partial charge in [-0.05, 0) is 41.3 Å². The van der Waals surface area contributed by atoms with Crippen LogP contribution in [0.15, 0.2) is 60.9 Å². The predicted molar refractivity (Wildman–Crippen MR) is 104 cm³/mol. The quantitative estimate of drug-likeness (QED) is 0.680. The molecule has 1 aliphatic heterocycles. The zero-order chi connectivity index (χ0) is 18.7. The van der Waals surface area contributed by atoms with E-state index < -0.39 is 10.0 Å². The largest absolute Gasteiger partial charge is 0.493 e. The van der Waals surface area contributed by atoms with Gasteiger partial charge in [-0.1, -0.05) is 30.3 Å². The van der Waals surface area contributed by atoms with Crippen LogP contribution in [0.2, 0.25) is 0 Å². The van der Waals surface area contributed by atoms with Gasteiger partial charge in [0.2, 0.25) is 10.0 Å². The number of aromatic nitrogens is 2. The molecule has 0 radical (unpaired) electrons. The molecule has 3 aromatic rings. The molecule has 0 saturated carbocycles. The number of sulfonamides is 1. The molecule has 2 heterocycles. The molecule has 4 rings (SSSR count). The minimum absolute atomic E-state index is 0.0522. The van der Waals surface area contributed by atoms with E-state index in [0.29, 0.717) is 13.0 Å². The van der Waals surface area contributed by atoms with Crippen molar-refractivity contribution >= 4 is 10.0 Å². The van der Waals surface area contributed by atoms with Crippen molar-refractivity contribution in [2.75, 3.05) is 12.4 Å². The molecule has 0 fully saturated rings. The molecular formula is C20H21N3O3S. The normalized spacial score (nSPS) is 13.3. The van der Waals surface area contributed by atoms with Gasteiger partial charge in [0, 0.05) is 25.4 Å². The van der Waals surface area contributed by atoms with E-state index in [0.717, 1.165) is 34.5 Å². The number of aryl methyl sites for hydroxylation is 1. The Morgan fingerprint density at radius 3 is 2.89 bits per heavy atom. The summed E-state index contributed by atoms with van der Waals surface area (Å²) in [6, 6.07) is 15.4. The maximum Gasteiger partial charge on any atom is 0.212 e.